The van der Waals surface area contributed by atoms with E-state index in [1.54, 1.807) is 19.9 Å². The van der Waals surface area contributed by atoms with Crippen molar-refractivity contribution in [2.45, 2.75) is 248 Å². The van der Waals surface area contributed by atoms with Crippen molar-refractivity contribution in [3.63, 3.8) is 0 Å². The van der Waals surface area contributed by atoms with Gasteiger partial charge in [-0.15, -0.1) is 0 Å². The number of esters is 1. The lowest BCUT2D eigenvalue weighted by atomic mass is 9.32. The van der Waals surface area contributed by atoms with E-state index in [1.165, 1.54) is 0 Å². The number of carbonyl (C=O) groups excluding carboxylic acids is 1. The Morgan fingerprint density at radius 1 is 0.631 bits per heavy atom. The number of ether oxygens (including phenoxy) is 9. The fraction of sp³-hybridized carbons (Fsp3) is 0.897. The molecule has 0 radical (unpaired) electrons. The number of allylic oxidation sites excluding steroid dienone is 2. The first-order chi connectivity index (χ1) is 39.2. The Balaban J connectivity index is 1.04. The zero-order valence-corrected chi connectivity index (χ0v) is 49.1. The summed E-state index contributed by atoms with van der Waals surface area (Å²) in [6, 6.07) is 0. The first kappa shape index (κ1) is 66.0. The van der Waals surface area contributed by atoms with Crippen molar-refractivity contribution in [3.8, 4) is 0 Å². The molecule has 15 N–H and O–H groups in total. The lowest BCUT2D eigenvalue weighted by Gasteiger charge is -2.73. The Bertz CT molecular complexity index is 2420. The molecule has 4 aliphatic heterocycles. The molecule has 30 atom stereocenters. The number of hydrogen-bond acceptors (Lipinski definition) is 25. The number of aliphatic carboxylic acids is 1. The predicted molar refractivity (Wildman–Crippen MR) is 285 cm³/mol. The molecule has 0 amide bonds. The van der Waals surface area contributed by atoms with Crippen LogP contribution in [-0.4, -0.2) is 256 Å². The average Bonchev–Trinajstić information content (AvgIpc) is 0.677. The van der Waals surface area contributed by atoms with Crippen LogP contribution in [0, 0.1) is 50.2 Å². The van der Waals surface area contributed by atoms with E-state index in [1.807, 2.05) is 20.8 Å². The second-order valence-electron chi connectivity index (χ2n) is 27.5. The van der Waals surface area contributed by atoms with Gasteiger partial charge in [-0.2, -0.15) is 0 Å². The van der Waals surface area contributed by atoms with Crippen LogP contribution in [0.3, 0.4) is 0 Å². The van der Waals surface area contributed by atoms with Crippen LogP contribution < -0.4 is 0 Å². The average molecular weight is 1210 g/mol. The van der Waals surface area contributed by atoms with Crippen molar-refractivity contribution in [1.82, 2.24) is 0 Å². The van der Waals surface area contributed by atoms with Gasteiger partial charge in [0.1, 0.15) is 91.6 Å². The number of rotatable bonds is 14. The van der Waals surface area contributed by atoms with E-state index in [9.17, 15) is 86.2 Å². The largest absolute Gasteiger partial charge is 0.479 e. The number of aliphatic hydroxyl groups excluding tert-OH is 14. The summed E-state index contributed by atoms with van der Waals surface area (Å²) in [5.74, 6) is -3.04. The number of fused-ring (bicyclic) bond motifs is 7. The fourth-order valence-corrected chi connectivity index (χ4v) is 17.1. The summed E-state index contributed by atoms with van der Waals surface area (Å²) in [6.45, 7) is 15.0. The Hall–Kier alpha value is -2.46. The van der Waals surface area contributed by atoms with E-state index in [0.717, 1.165) is 5.57 Å². The summed E-state index contributed by atoms with van der Waals surface area (Å²) in [7, 11) is 0. The minimum absolute atomic E-state index is 0.121. The van der Waals surface area contributed by atoms with Crippen LogP contribution in [0.2, 0.25) is 0 Å². The zero-order valence-electron chi connectivity index (χ0n) is 49.1. The lowest BCUT2D eigenvalue weighted by Crippen LogP contribution is -2.74. The van der Waals surface area contributed by atoms with Crippen LogP contribution in [-0.2, 0) is 52.2 Å². The maximum Gasteiger partial charge on any atom is 0.335 e. The molecule has 9 aliphatic rings. The molecule has 9 rings (SSSR count). The highest BCUT2D eigenvalue weighted by molar-refractivity contribution is 5.87. The second kappa shape index (κ2) is 24.1. The minimum atomic E-state index is -2.25. The molecule has 8 fully saturated rings. The molecular weight excluding hydrogens is 1110 g/mol. The lowest BCUT2D eigenvalue weighted by molar-refractivity contribution is -0.401. The Labute approximate surface area is 487 Å². The quantitative estimate of drug-likeness (QED) is 0.0373. The molecule has 0 aromatic heterocycles. The normalized spacial score (nSPS) is 51.9. The molecular formula is C58H92O26. The number of carboxylic acid groups (broad SMARTS) is 1. The van der Waals surface area contributed by atoms with Gasteiger partial charge in [0.15, 0.2) is 31.3 Å². The van der Waals surface area contributed by atoms with Crippen LogP contribution in [0.1, 0.15) is 107 Å². The van der Waals surface area contributed by atoms with Gasteiger partial charge in [0.05, 0.1) is 50.2 Å². The van der Waals surface area contributed by atoms with E-state index < -0.39 is 218 Å². The standard InChI is InChI=1S/C58H92O26/c1-10-23(2)48(75)79-32-18-53(3,4)17-25-24-11-12-30-55(7)15-14-31(54(5,6)29(55)13-16-56(30,8)57(24,9)45(71)46(72)58(25,32)22-61)80-52-44(84-50-39(69)37(67)35(65)28(20-60)78-50)41(40(70)42(82-52)47(73)74)81-51-43(33(63)26(62)21-76-51)83-49-38(68)36(66)34(64)27(19-59)77-49/h10-11,25-46,49-52,59-72H,12-22H2,1-9H3,(H,73,74)/b23-10-/t25-,26+,27+,28+,29-,30+,31-,32-,33-,34+,35+,36-,37-,38+,39+,40-,41-,42-,43+,44+,45-,46+,49-,50-,51-,52+,55-,56+,57-,58+/m0/s1. The third-order valence-electron chi connectivity index (χ3n) is 22.2. The number of carbonyl (C=O) groups is 2. The zero-order chi connectivity index (χ0) is 61.9. The Morgan fingerprint density at radius 3 is 1.77 bits per heavy atom. The highest BCUT2D eigenvalue weighted by atomic mass is 16.8. The maximum absolute atomic E-state index is 13.5. The van der Waals surface area contributed by atoms with E-state index in [0.29, 0.717) is 44.1 Å². The second-order valence-corrected chi connectivity index (χ2v) is 27.5. The molecule has 4 saturated carbocycles. The molecule has 0 aromatic carbocycles. The highest BCUT2D eigenvalue weighted by Crippen LogP contribution is 2.76. The Morgan fingerprint density at radius 2 is 1.21 bits per heavy atom. The minimum Gasteiger partial charge on any atom is -0.479 e. The van der Waals surface area contributed by atoms with Crippen molar-refractivity contribution in [2.75, 3.05) is 26.4 Å². The van der Waals surface area contributed by atoms with Crippen molar-refractivity contribution >= 4 is 11.9 Å². The Kier molecular flexibility index (Phi) is 18.9. The molecule has 480 valence electrons. The number of hydrogen-bond donors (Lipinski definition) is 15. The molecule has 0 spiro atoms. The topological polar surface area (TPSA) is 421 Å². The first-order valence-corrected chi connectivity index (χ1v) is 29.5. The van der Waals surface area contributed by atoms with E-state index in [-0.39, 0.29) is 18.3 Å². The summed E-state index contributed by atoms with van der Waals surface area (Å²) < 4.78 is 54.9. The fourth-order valence-electron chi connectivity index (χ4n) is 17.1. The SMILES string of the molecule is C/C=C(/C)C(=O)O[C@H]1CC(C)(C)C[C@H]2C3=CC[C@@H]4[C@@]5(C)CC[C@H](O[C@@H]6O[C@H](C(=O)O)[C@@H](O)[C@H](O[C@@H]7OC[C@@H](O)[C@H](O)[C@H]7O[C@@H]7O[C@H](CO)[C@@H](O)[C@H](O)[C@H]7O)[C@H]6O[C@@H]6O[C@H](CO)[C@@H](O)[C@H](O)[C@H]6O)C(C)(C)[C@@H]5CC[C@@]4(C)[C@]3(C)[C@@H](O)[C@@H](O)[C@@]12CO. The number of aliphatic hydroxyl groups is 14. The van der Waals surface area contributed by atoms with E-state index in [4.69, 9.17) is 42.6 Å². The van der Waals surface area contributed by atoms with Gasteiger partial charge in [-0.25, -0.2) is 9.59 Å². The molecule has 0 aromatic rings. The third kappa shape index (κ3) is 10.6. The summed E-state index contributed by atoms with van der Waals surface area (Å²) in [5.41, 5.74) is -3.54. The summed E-state index contributed by atoms with van der Waals surface area (Å²) >= 11 is 0. The van der Waals surface area contributed by atoms with E-state index in [2.05, 4.69) is 33.8 Å². The van der Waals surface area contributed by atoms with Crippen molar-refractivity contribution in [1.29, 1.82) is 0 Å². The predicted octanol–water partition coefficient (Wildman–Crippen LogP) is -2.40. The van der Waals surface area contributed by atoms with E-state index >= 15 is 0 Å². The molecule has 26 nitrogen and oxygen atoms in total. The smallest absolute Gasteiger partial charge is 0.335 e. The van der Waals surface area contributed by atoms with Gasteiger partial charge in [-0.05, 0) is 98.2 Å². The van der Waals surface area contributed by atoms with Crippen LogP contribution in [0.15, 0.2) is 23.3 Å². The van der Waals surface area contributed by atoms with Gasteiger partial charge in [0.2, 0.25) is 0 Å². The van der Waals surface area contributed by atoms with Gasteiger partial charge in [0, 0.05) is 11.0 Å². The summed E-state index contributed by atoms with van der Waals surface area (Å²) in [6.07, 6.45) is -33.9. The van der Waals surface area contributed by atoms with Gasteiger partial charge < -0.3 is 119 Å². The molecule has 26 heteroatoms. The molecule has 84 heavy (non-hydrogen) atoms. The van der Waals surface area contributed by atoms with Crippen molar-refractivity contribution in [3.05, 3.63) is 23.3 Å². The highest BCUT2D eigenvalue weighted by Gasteiger charge is 2.75. The molecule has 0 unspecified atom stereocenters. The monoisotopic (exact) mass is 1200 g/mol. The number of carboxylic acids is 1. The molecule has 4 heterocycles. The van der Waals surface area contributed by atoms with Crippen molar-refractivity contribution < 1.29 is 129 Å². The van der Waals surface area contributed by atoms with Gasteiger partial charge >= 0.3 is 11.9 Å². The molecule has 5 aliphatic carbocycles. The van der Waals surface area contributed by atoms with Crippen LogP contribution in [0.5, 0.6) is 0 Å². The van der Waals surface area contributed by atoms with Crippen molar-refractivity contribution in [2.24, 2.45) is 50.2 Å². The maximum atomic E-state index is 13.5. The van der Waals surface area contributed by atoms with Gasteiger partial charge in [-0.3, -0.25) is 0 Å². The van der Waals surface area contributed by atoms with Gasteiger partial charge in [-0.1, -0.05) is 66.2 Å². The molecule has 0 bridgehead atoms. The first-order valence-electron chi connectivity index (χ1n) is 29.5. The summed E-state index contributed by atoms with van der Waals surface area (Å²) in [5, 5.41) is 167. The van der Waals surface area contributed by atoms with Crippen LogP contribution in [0.25, 0.3) is 0 Å². The van der Waals surface area contributed by atoms with Crippen LogP contribution in [0.4, 0.5) is 0 Å². The summed E-state index contributed by atoms with van der Waals surface area (Å²) in [4.78, 5) is 26.6. The van der Waals surface area contributed by atoms with Crippen LogP contribution >= 0.6 is 0 Å². The third-order valence-corrected chi connectivity index (χ3v) is 22.2. The van der Waals surface area contributed by atoms with Gasteiger partial charge in [0.25, 0.3) is 0 Å². The molecule has 4 saturated heterocycles.